The standard InChI is InChI=1S/C15H25NO/c1-4-7-14(12-16-5-2)10-13-8-6-9-15(11-13)17-3/h6,8-9,11,14,16H,4-5,7,10,12H2,1-3H3. The van der Waals surface area contributed by atoms with E-state index in [0.29, 0.717) is 0 Å². The molecule has 0 heterocycles. The van der Waals surface area contributed by atoms with Crippen molar-refractivity contribution in [2.24, 2.45) is 5.92 Å². The van der Waals surface area contributed by atoms with Crippen LogP contribution < -0.4 is 10.1 Å². The first kappa shape index (κ1) is 14.0. The van der Waals surface area contributed by atoms with E-state index in [-0.39, 0.29) is 0 Å². The lowest BCUT2D eigenvalue weighted by atomic mass is 9.95. The summed E-state index contributed by atoms with van der Waals surface area (Å²) in [6.07, 6.45) is 3.67. The zero-order valence-electron chi connectivity index (χ0n) is 11.3. The second kappa shape index (κ2) is 8.13. The Hall–Kier alpha value is -1.02. The van der Waals surface area contributed by atoms with E-state index in [1.807, 2.05) is 6.07 Å². The van der Waals surface area contributed by atoms with Crippen LogP contribution in [0.4, 0.5) is 0 Å². The van der Waals surface area contributed by atoms with Gasteiger partial charge in [0, 0.05) is 0 Å². The van der Waals surface area contributed by atoms with Crippen molar-refractivity contribution in [1.82, 2.24) is 5.32 Å². The maximum Gasteiger partial charge on any atom is 0.119 e. The third-order valence-corrected chi connectivity index (χ3v) is 3.04. The number of nitrogens with one attached hydrogen (secondary N) is 1. The van der Waals surface area contributed by atoms with Crippen LogP contribution in [0.25, 0.3) is 0 Å². The van der Waals surface area contributed by atoms with E-state index < -0.39 is 0 Å². The highest BCUT2D eigenvalue weighted by Gasteiger charge is 2.08. The lowest BCUT2D eigenvalue weighted by molar-refractivity contribution is 0.412. The molecular weight excluding hydrogens is 210 g/mol. The summed E-state index contributed by atoms with van der Waals surface area (Å²) in [5.41, 5.74) is 1.38. The summed E-state index contributed by atoms with van der Waals surface area (Å²) in [7, 11) is 1.72. The number of rotatable bonds is 8. The minimum absolute atomic E-state index is 0.729. The molecule has 1 unspecified atom stereocenters. The summed E-state index contributed by atoms with van der Waals surface area (Å²) in [4.78, 5) is 0. The third kappa shape index (κ3) is 5.22. The van der Waals surface area contributed by atoms with Crippen LogP contribution in [-0.4, -0.2) is 20.2 Å². The largest absolute Gasteiger partial charge is 0.497 e. The molecule has 1 aromatic rings. The zero-order chi connectivity index (χ0) is 12.5. The predicted molar refractivity (Wildman–Crippen MR) is 73.6 cm³/mol. The third-order valence-electron chi connectivity index (χ3n) is 3.04. The SMILES string of the molecule is CCCC(CNCC)Cc1cccc(OC)c1. The molecule has 0 saturated carbocycles. The summed E-state index contributed by atoms with van der Waals surface area (Å²) < 4.78 is 5.26. The van der Waals surface area contributed by atoms with Crippen LogP contribution in [0.1, 0.15) is 32.3 Å². The van der Waals surface area contributed by atoms with Crippen LogP contribution >= 0.6 is 0 Å². The fourth-order valence-electron chi connectivity index (χ4n) is 2.17. The first-order chi connectivity index (χ1) is 8.30. The molecule has 1 rings (SSSR count). The highest BCUT2D eigenvalue weighted by atomic mass is 16.5. The summed E-state index contributed by atoms with van der Waals surface area (Å²) in [6.45, 7) is 6.58. The first-order valence-electron chi connectivity index (χ1n) is 6.63. The number of methoxy groups -OCH3 is 1. The molecule has 0 aliphatic carbocycles. The number of ether oxygens (including phenoxy) is 1. The van der Waals surface area contributed by atoms with Crippen LogP contribution in [0.2, 0.25) is 0 Å². The van der Waals surface area contributed by atoms with Gasteiger partial charge < -0.3 is 10.1 Å². The van der Waals surface area contributed by atoms with Crippen molar-refractivity contribution in [2.45, 2.75) is 33.1 Å². The van der Waals surface area contributed by atoms with Crippen molar-refractivity contribution >= 4 is 0 Å². The maximum atomic E-state index is 5.26. The van der Waals surface area contributed by atoms with E-state index in [2.05, 4.69) is 37.4 Å². The molecule has 0 aliphatic heterocycles. The smallest absolute Gasteiger partial charge is 0.119 e. The normalized spacial score (nSPS) is 12.4. The fraction of sp³-hybridized carbons (Fsp3) is 0.600. The van der Waals surface area contributed by atoms with Crippen molar-refractivity contribution in [3.8, 4) is 5.75 Å². The monoisotopic (exact) mass is 235 g/mol. The quantitative estimate of drug-likeness (QED) is 0.746. The van der Waals surface area contributed by atoms with Crippen molar-refractivity contribution in [3.63, 3.8) is 0 Å². The molecule has 1 aromatic carbocycles. The van der Waals surface area contributed by atoms with Crippen LogP contribution in [0, 0.1) is 5.92 Å². The van der Waals surface area contributed by atoms with E-state index in [0.717, 1.165) is 31.2 Å². The average Bonchev–Trinajstić information content (AvgIpc) is 2.36. The average molecular weight is 235 g/mol. The second-order valence-corrected chi connectivity index (χ2v) is 4.52. The van der Waals surface area contributed by atoms with Crippen LogP contribution in [0.3, 0.4) is 0 Å². The number of hydrogen-bond acceptors (Lipinski definition) is 2. The first-order valence-corrected chi connectivity index (χ1v) is 6.63. The van der Waals surface area contributed by atoms with Crippen LogP contribution in [0.5, 0.6) is 5.75 Å². The van der Waals surface area contributed by atoms with Crippen LogP contribution in [0.15, 0.2) is 24.3 Å². The minimum atomic E-state index is 0.729. The lowest BCUT2D eigenvalue weighted by Crippen LogP contribution is -2.24. The molecule has 0 aromatic heterocycles. The van der Waals surface area contributed by atoms with Gasteiger partial charge in [-0.3, -0.25) is 0 Å². The Kier molecular flexibility index (Phi) is 6.71. The molecule has 0 bridgehead atoms. The molecule has 2 nitrogen and oxygen atoms in total. The summed E-state index contributed by atoms with van der Waals surface area (Å²) in [5, 5.41) is 3.45. The highest BCUT2D eigenvalue weighted by molar-refractivity contribution is 5.28. The zero-order valence-corrected chi connectivity index (χ0v) is 11.3. The van der Waals surface area contributed by atoms with Gasteiger partial charge in [0.1, 0.15) is 5.75 Å². The molecule has 0 amide bonds. The van der Waals surface area contributed by atoms with Gasteiger partial charge in [0.05, 0.1) is 7.11 Å². The van der Waals surface area contributed by atoms with Gasteiger partial charge in [-0.15, -0.1) is 0 Å². The molecule has 0 aliphatic rings. The molecule has 1 N–H and O–H groups in total. The molecular formula is C15H25NO. The highest BCUT2D eigenvalue weighted by Crippen LogP contribution is 2.18. The molecule has 17 heavy (non-hydrogen) atoms. The van der Waals surface area contributed by atoms with Gasteiger partial charge in [-0.25, -0.2) is 0 Å². The molecule has 1 atom stereocenters. The number of hydrogen-bond donors (Lipinski definition) is 1. The van der Waals surface area contributed by atoms with Gasteiger partial charge in [-0.05, 0) is 49.5 Å². The van der Waals surface area contributed by atoms with E-state index in [1.54, 1.807) is 7.11 Å². The summed E-state index contributed by atoms with van der Waals surface area (Å²) in [5.74, 6) is 1.69. The Morgan fingerprint density at radius 2 is 2.12 bits per heavy atom. The number of benzene rings is 1. The summed E-state index contributed by atoms with van der Waals surface area (Å²) >= 11 is 0. The minimum Gasteiger partial charge on any atom is -0.497 e. The van der Waals surface area contributed by atoms with Gasteiger partial charge in [-0.1, -0.05) is 32.4 Å². The summed E-state index contributed by atoms with van der Waals surface area (Å²) in [6, 6.07) is 8.42. The maximum absolute atomic E-state index is 5.26. The molecule has 96 valence electrons. The van der Waals surface area contributed by atoms with Gasteiger partial charge in [0.2, 0.25) is 0 Å². The van der Waals surface area contributed by atoms with E-state index in [4.69, 9.17) is 4.74 Å². The Morgan fingerprint density at radius 3 is 2.76 bits per heavy atom. The van der Waals surface area contributed by atoms with E-state index >= 15 is 0 Å². The topological polar surface area (TPSA) is 21.3 Å². The molecule has 0 radical (unpaired) electrons. The molecule has 0 fully saturated rings. The van der Waals surface area contributed by atoms with E-state index in [1.165, 1.54) is 18.4 Å². The Bertz CT molecular complexity index is 312. The van der Waals surface area contributed by atoms with Gasteiger partial charge >= 0.3 is 0 Å². The molecule has 0 spiro atoms. The van der Waals surface area contributed by atoms with Gasteiger partial charge in [-0.2, -0.15) is 0 Å². The lowest BCUT2D eigenvalue weighted by Gasteiger charge is -2.16. The predicted octanol–water partition coefficient (Wildman–Crippen LogP) is 3.26. The van der Waals surface area contributed by atoms with Crippen molar-refractivity contribution in [1.29, 1.82) is 0 Å². The second-order valence-electron chi connectivity index (χ2n) is 4.52. The van der Waals surface area contributed by atoms with Crippen molar-refractivity contribution < 1.29 is 4.74 Å². The Morgan fingerprint density at radius 1 is 1.29 bits per heavy atom. The van der Waals surface area contributed by atoms with Crippen molar-refractivity contribution in [3.05, 3.63) is 29.8 Å². The van der Waals surface area contributed by atoms with Gasteiger partial charge in [0.15, 0.2) is 0 Å². The fourth-order valence-corrected chi connectivity index (χ4v) is 2.17. The van der Waals surface area contributed by atoms with Crippen molar-refractivity contribution in [2.75, 3.05) is 20.2 Å². The van der Waals surface area contributed by atoms with Gasteiger partial charge in [0.25, 0.3) is 0 Å². The molecule has 2 heteroatoms. The van der Waals surface area contributed by atoms with E-state index in [9.17, 15) is 0 Å². The van der Waals surface area contributed by atoms with Crippen LogP contribution in [-0.2, 0) is 6.42 Å². The Labute approximate surface area is 105 Å². The Balaban J connectivity index is 2.57. The molecule has 0 saturated heterocycles.